The monoisotopic (exact) mass is 249 g/mol. The molecular weight excluding hydrogens is 234 g/mol. The van der Waals surface area contributed by atoms with Crippen molar-refractivity contribution in [2.75, 3.05) is 5.73 Å². The van der Waals surface area contributed by atoms with Gasteiger partial charge in [-0.25, -0.2) is 0 Å². The number of benzene rings is 1. The van der Waals surface area contributed by atoms with Gasteiger partial charge in [0.1, 0.15) is 0 Å². The minimum atomic E-state index is 0.133. The second-order valence-corrected chi connectivity index (χ2v) is 4.63. The predicted molar refractivity (Wildman–Crippen MR) is 77.9 cm³/mol. The molecule has 0 saturated heterocycles. The van der Waals surface area contributed by atoms with Gasteiger partial charge in [-0.2, -0.15) is 0 Å². The van der Waals surface area contributed by atoms with Crippen LogP contribution >= 0.6 is 0 Å². The van der Waals surface area contributed by atoms with Crippen LogP contribution in [-0.4, -0.2) is 9.97 Å². The molecule has 3 nitrogen and oxygen atoms in total. The van der Waals surface area contributed by atoms with E-state index in [0.717, 1.165) is 28.0 Å². The average molecular weight is 249 g/mol. The molecular formula is C16H15N3. The van der Waals surface area contributed by atoms with Gasteiger partial charge in [0, 0.05) is 28.9 Å². The summed E-state index contributed by atoms with van der Waals surface area (Å²) in [6.45, 7) is 2.10. The zero-order valence-electron chi connectivity index (χ0n) is 10.7. The Hall–Kier alpha value is -2.42. The smallest absolute Gasteiger partial charge is 0.0726 e. The standard InChI is InChI=1S/C16H15N3/c1-11(14-7-4-5-9-18-14)16-10-13(17)12-6-2-3-8-15(12)19-16/h2-11H,1H3,(H2,17,19)/t11-/m1/s1. The van der Waals surface area contributed by atoms with Gasteiger partial charge in [0.05, 0.1) is 11.2 Å². The first-order valence-electron chi connectivity index (χ1n) is 6.32. The van der Waals surface area contributed by atoms with Crippen LogP contribution in [0.15, 0.2) is 54.7 Å². The molecule has 1 atom stereocenters. The predicted octanol–water partition coefficient (Wildman–Crippen LogP) is 3.36. The Bertz CT molecular complexity index is 708. The summed E-state index contributed by atoms with van der Waals surface area (Å²) in [5, 5.41) is 1.000. The van der Waals surface area contributed by atoms with E-state index in [1.165, 1.54) is 0 Å². The lowest BCUT2D eigenvalue weighted by Gasteiger charge is -2.12. The third-order valence-electron chi connectivity index (χ3n) is 3.34. The number of anilines is 1. The topological polar surface area (TPSA) is 51.8 Å². The number of nitrogens with two attached hydrogens (primary N) is 1. The Morgan fingerprint density at radius 1 is 1.00 bits per heavy atom. The van der Waals surface area contributed by atoms with Crippen LogP contribution < -0.4 is 5.73 Å². The maximum atomic E-state index is 6.11. The van der Waals surface area contributed by atoms with E-state index < -0.39 is 0 Å². The van der Waals surface area contributed by atoms with Gasteiger partial charge in [-0.1, -0.05) is 31.2 Å². The van der Waals surface area contributed by atoms with Crippen molar-refractivity contribution in [2.45, 2.75) is 12.8 Å². The maximum Gasteiger partial charge on any atom is 0.0726 e. The number of rotatable bonds is 2. The molecule has 19 heavy (non-hydrogen) atoms. The third-order valence-corrected chi connectivity index (χ3v) is 3.34. The first kappa shape index (κ1) is 11.7. The van der Waals surface area contributed by atoms with Crippen LogP contribution in [0.3, 0.4) is 0 Å². The van der Waals surface area contributed by atoms with Crippen LogP contribution in [-0.2, 0) is 0 Å². The first-order chi connectivity index (χ1) is 9.25. The molecule has 0 amide bonds. The Morgan fingerprint density at radius 2 is 1.79 bits per heavy atom. The van der Waals surface area contributed by atoms with Gasteiger partial charge in [-0.3, -0.25) is 9.97 Å². The number of hydrogen-bond acceptors (Lipinski definition) is 3. The number of nitrogens with zero attached hydrogens (tertiary/aromatic N) is 2. The number of para-hydroxylation sites is 1. The van der Waals surface area contributed by atoms with Crippen molar-refractivity contribution < 1.29 is 0 Å². The minimum Gasteiger partial charge on any atom is -0.398 e. The molecule has 2 aromatic heterocycles. The van der Waals surface area contributed by atoms with Gasteiger partial charge < -0.3 is 5.73 Å². The zero-order valence-corrected chi connectivity index (χ0v) is 10.7. The van der Waals surface area contributed by atoms with Gasteiger partial charge >= 0.3 is 0 Å². The summed E-state index contributed by atoms with van der Waals surface area (Å²) in [5.74, 6) is 0.133. The van der Waals surface area contributed by atoms with Crippen LogP contribution in [0.2, 0.25) is 0 Å². The van der Waals surface area contributed by atoms with Crippen LogP contribution in [0.25, 0.3) is 10.9 Å². The van der Waals surface area contributed by atoms with Crippen LogP contribution in [0.1, 0.15) is 24.2 Å². The molecule has 94 valence electrons. The SMILES string of the molecule is C[C@H](c1ccccn1)c1cc(N)c2ccccc2n1. The molecule has 0 saturated carbocycles. The second-order valence-electron chi connectivity index (χ2n) is 4.63. The Morgan fingerprint density at radius 3 is 2.58 bits per heavy atom. The quantitative estimate of drug-likeness (QED) is 0.757. The minimum absolute atomic E-state index is 0.133. The van der Waals surface area contributed by atoms with Crippen molar-refractivity contribution in [1.82, 2.24) is 9.97 Å². The molecule has 2 heterocycles. The summed E-state index contributed by atoms with van der Waals surface area (Å²) in [4.78, 5) is 9.08. The first-order valence-corrected chi connectivity index (χ1v) is 6.32. The molecule has 3 heteroatoms. The van der Waals surface area contributed by atoms with Gasteiger partial charge in [-0.15, -0.1) is 0 Å². The summed E-state index contributed by atoms with van der Waals surface area (Å²) in [6.07, 6.45) is 1.80. The lowest BCUT2D eigenvalue weighted by atomic mass is 10.0. The summed E-state index contributed by atoms with van der Waals surface area (Å²) in [5.41, 5.74) is 9.77. The molecule has 0 aliphatic carbocycles. The lowest BCUT2D eigenvalue weighted by molar-refractivity contribution is 0.839. The second kappa shape index (κ2) is 4.69. The summed E-state index contributed by atoms with van der Waals surface area (Å²) in [7, 11) is 0. The van der Waals surface area contributed by atoms with E-state index >= 15 is 0 Å². The Balaban J connectivity index is 2.11. The molecule has 0 aliphatic rings. The van der Waals surface area contributed by atoms with E-state index in [0.29, 0.717) is 0 Å². The summed E-state index contributed by atoms with van der Waals surface area (Å²) < 4.78 is 0. The average Bonchev–Trinajstić information content (AvgIpc) is 2.47. The van der Waals surface area contributed by atoms with Crippen LogP contribution in [0.5, 0.6) is 0 Å². The Kier molecular flexibility index (Phi) is 2.88. The van der Waals surface area contributed by atoms with Gasteiger partial charge in [0.2, 0.25) is 0 Å². The van der Waals surface area contributed by atoms with Crippen LogP contribution in [0.4, 0.5) is 5.69 Å². The van der Waals surface area contributed by atoms with Crippen LogP contribution in [0, 0.1) is 0 Å². The highest BCUT2D eigenvalue weighted by Crippen LogP contribution is 2.26. The van der Waals surface area contributed by atoms with E-state index in [-0.39, 0.29) is 5.92 Å². The van der Waals surface area contributed by atoms with Gasteiger partial charge in [-0.05, 0) is 24.3 Å². The van der Waals surface area contributed by atoms with Crippen molar-refractivity contribution in [3.63, 3.8) is 0 Å². The number of hydrogen-bond donors (Lipinski definition) is 1. The third kappa shape index (κ3) is 2.15. The fourth-order valence-corrected chi connectivity index (χ4v) is 2.23. The number of pyridine rings is 2. The highest BCUT2D eigenvalue weighted by Gasteiger charge is 2.13. The molecule has 0 radical (unpaired) electrons. The largest absolute Gasteiger partial charge is 0.398 e. The van der Waals surface area contributed by atoms with Gasteiger partial charge in [0.15, 0.2) is 0 Å². The molecule has 1 aromatic carbocycles. The molecule has 0 spiro atoms. The summed E-state index contributed by atoms with van der Waals surface area (Å²) >= 11 is 0. The lowest BCUT2D eigenvalue weighted by Crippen LogP contribution is -2.03. The fourth-order valence-electron chi connectivity index (χ4n) is 2.23. The Labute approximate surface area is 112 Å². The normalized spacial score (nSPS) is 12.5. The van der Waals surface area contributed by atoms with Crippen molar-refractivity contribution in [3.8, 4) is 0 Å². The van der Waals surface area contributed by atoms with E-state index in [1.54, 1.807) is 6.20 Å². The van der Waals surface area contributed by atoms with E-state index in [1.807, 2.05) is 48.5 Å². The fraction of sp³-hybridized carbons (Fsp3) is 0.125. The highest BCUT2D eigenvalue weighted by atomic mass is 14.8. The van der Waals surface area contributed by atoms with E-state index in [4.69, 9.17) is 10.7 Å². The molecule has 0 unspecified atom stereocenters. The van der Waals surface area contributed by atoms with Crippen molar-refractivity contribution in [1.29, 1.82) is 0 Å². The molecule has 3 rings (SSSR count). The van der Waals surface area contributed by atoms with E-state index in [9.17, 15) is 0 Å². The maximum absolute atomic E-state index is 6.11. The van der Waals surface area contributed by atoms with Crippen molar-refractivity contribution >= 4 is 16.6 Å². The molecule has 0 bridgehead atoms. The number of aromatic nitrogens is 2. The highest BCUT2D eigenvalue weighted by molar-refractivity contribution is 5.90. The number of fused-ring (bicyclic) bond motifs is 1. The molecule has 0 aliphatic heterocycles. The van der Waals surface area contributed by atoms with Crippen molar-refractivity contribution in [3.05, 3.63) is 66.1 Å². The van der Waals surface area contributed by atoms with Crippen molar-refractivity contribution in [2.24, 2.45) is 0 Å². The van der Waals surface area contributed by atoms with E-state index in [2.05, 4.69) is 11.9 Å². The number of nitrogen functional groups attached to an aromatic ring is 1. The van der Waals surface area contributed by atoms with Gasteiger partial charge in [0.25, 0.3) is 0 Å². The molecule has 2 N–H and O–H groups in total. The summed E-state index contributed by atoms with van der Waals surface area (Å²) in [6, 6.07) is 15.8. The molecule has 3 aromatic rings. The zero-order chi connectivity index (χ0) is 13.2. The molecule has 0 fully saturated rings.